The van der Waals surface area contributed by atoms with E-state index >= 15 is 0 Å². The molecule has 1 aromatic heterocycles. The normalized spacial score (nSPS) is 19.2. The Hall–Kier alpha value is -1.17. The molecule has 3 nitrogen and oxygen atoms in total. The van der Waals surface area contributed by atoms with E-state index in [1.165, 1.54) is 15.3 Å². The lowest BCUT2D eigenvalue weighted by atomic mass is 9.98. The van der Waals surface area contributed by atoms with Crippen molar-refractivity contribution in [1.82, 2.24) is 4.90 Å². The minimum Gasteiger partial charge on any atom is -0.481 e. The van der Waals surface area contributed by atoms with Crippen LogP contribution < -0.4 is 0 Å². The van der Waals surface area contributed by atoms with Gasteiger partial charge in [-0.15, -0.1) is 11.3 Å². The number of benzene rings is 1. The number of likely N-dealkylation sites (tertiary alicyclic amines) is 1. The predicted octanol–water partition coefficient (Wildman–Crippen LogP) is 4.47. The van der Waals surface area contributed by atoms with E-state index in [4.69, 9.17) is 0 Å². The van der Waals surface area contributed by atoms with Gasteiger partial charge < -0.3 is 5.11 Å². The van der Waals surface area contributed by atoms with E-state index in [1.54, 1.807) is 11.3 Å². The van der Waals surface area contributed by atoms with E-state index in [2.05, 4.69) is 45.1 Å². The Morgan fingerprint density at radius 3 is 2.91 bits per heavy atom. The second-order valence-corrected chi connectivity index (χ2v) is 7.68. The first-order valence-corrected chi connectivity index (χ1v) is 9.03. The molecule has 22 heavy (non-hydrogen) atoms. The van der Waals surface area contributed by atoms with Crippen molar-refractivity contribution in [2.45, 2.75) is 19.4 Å². The van der Waals surface area contributed by atoms with E-state index in [0.717, 1.165) is 30.4 Å². The van der Waals surface area contributed by atoms with Crippen LogP contribution in [-0.2, 0) is 11.3 Å². The smallest absolute Gasteiger partial charge is 0.307 e. The van der Waals surface area contributed by atoms with Crippen molar-refractivity contribution < 1.29 is 9.90 Å². The summed E-state index contributed by atoms with van der Waals surface area (Å²) < 4.78 is 1.10. The highest BCUT2D eigenvalue weighted by Gasteiger charge is 2.25. The quantitative estimate of drug-likeness (QED) is 0.851. The average molecular weight is 380 g/mol. The van der Waals surface area contributed by atoms with Crippen LogP contribution in [0.4, 0.5) is 0 Å². The van der Waals surface area contributed by atoms with Gasteiger partial charge in [-0.05, 0) is 37.6 Å². The van der Waals surface area contributed by atoms with Gasteiger partial charge >= 0.3 is 5.97 Å². The Morgan fingerprint density at radius 2 is 2.14 bits per heavy atom. The predicted molar refractivity (Wildman–Crippen MR) is 93.1 cm³/mol. The van der Waals surface area contributed by atoms with Crippen LogP contribution in [0.25, 0.3) is 10.4 Å². The minimum absolute atomic E-state index is 0.212. The Kier molecular flexibility index (Phi) is 4.96. The maximum absolute atomic E-state index is 11.1. The van der Waals surface area contributed by atoms with E-state index in [9.17, 15) is 9.90 Å². The van der Waals surface area contributed by atoms with Gasteiger partial charge in [0.2, 0.25) is 0 Å². The van der Waals surface area contributed by atoms with Crippen LogP contribution in [0.2, 0.25) is 0 Å². The average Bonchev–Trinajstić information content (AvgIpc) is 2.96. The summed E-state index contributed by atoms with van der Waals surface area (Å²) in [5.74, 6) is -0.874. The van der Waals surface area contributed by atoms with Crippen molar-refractivity contribution in [1.29, 1.82) is 0 Å². The van der Waals surface area contributed by atoms with Gasteiger partial charge in [0, 0.05) is 32.9 Å². The van der Waals surface area contributed by atoms with E-state index in [0.29, 0.717) is 6.54 Å². The van der Waals surface area contributed by atoms with Crippen LogP contribution in [0.1, 0.15) is 17.7 Å². The summed E-state index contributed by atoms with van der Waals surface area (Å²) in [6.45, 7) is 2.50. The SMILES string of the molecule is O=C(O)C1CCCN(Cc2ccc(-c3ccccc3Br)s2)C1. The molecule has 0 saturated carbocycles. The third kappa shape index (κ3) is 3.59. The molecule has 1 aromatic carbocycles. The molecule has 2 aromatic rings. The number of carboxylic acid groups (broad SMARTS) is 1. The summed E-state index contributed by atoms with van der Waals surface area (Å²) in [4.78, 5) is 15.9. The van der Waals surface area contributed by atoms with Crippen molar-refractivity contribution in [2.75, 3.05) is 13.1 Å². The fraction of sp³-hybridized carbons (Fsp3) is 0.353. The van der Waals surface area contributed by atoms with Crippen LogP contribution in [-0.4, -0.2) is 29.1 Å². The number of halogens is 1. The standard InChI is InChI=1S/C17H18BrNO2S/c18-15-6-2-1-5-14(15)16-8-7-13(22-16)11-19-9-3-4-12(10-19)17(20)21/h1-2,5-8,12H,3-4,9-11H2,(H,20,21). The summed E-state index contributed by atoms with van der Waals surface area (Å²) in [5.41, 5.74) is 1.21. The molecule has 5 heteroatoms. The minimum atomic E-state index is -0.662. The number of carbonyl (C=O) groups is 1. The van der Waals surface area contributed by atoms with Crippen LogP contribution in [0.5, 0.6) is 0 Å². The summed E-state index contributed by atoms with van der Waals surface area (Å²) >= 11 is 5.38. The summed E-state index contributed by atoms with van der Waals surface area (Å²) in [6, 6.07) is 12.5. The number of hydrogen-bond donors (Lipinski definition) is 1. The number of hydrogen-bond acceptors (Lipinski definition) is 3. The van der Waals surface area contributed by atoms with Crippen LogP contribution in [0, 0.1) is 5.92 Å². The van der Waals surface area contributed by atoms with Gasteiger partial charge in [0.05, 0.1) is 5.92 Å². The summed E-state index contributed by atoms with van der Waals surface area (Å²) in [7, 11) is 0. The first kappa shape index (κ1) is 15.7. The molecule has 0 aliphatic carbocycles. The Labute approximate surface area is 142 Å². The van der Waals surface area contributed by atoms with Gasteiger partial charge in [0.25, 0.3) is 0 Å². The number of nitrogens with zero attached hydrogens (tertiary/aromatic N) is 1. The molecule has 1 atom stereocenters. The third-order valence-corrected chi connectivity index (χ3v) is 5.83. The Bertz CT molecular complexity index is 670. The molecule has 1 N–H and O–H groups in total. The van der Waals surface area contributed by atoms with Gasteiger partial charge in [0.1, 0.15) is 0 Å². The topological polar surface area (TPSA) is 40.5 Å². The lowest BCUT2D eigenvalue weighted by molar-refractivity contribution is -0.143. The summed E-state index contributed by atoms with van der Waals surface area (Å²) in [6.07, 6.45) is 1.78. The largest absolute Gasteiger partial charge is 0.481 e. The molecular weight excluding hydrogens is 362 g/mol. The van der Waals surface area contributed by atoms with Gasteiger partial charge in [-0.3, -0.25) is 9.69 Å². The highest BCUT2D eigenvalue weighted by atomic mass is 79.9. The van der Waals surface area contributed by atoms with Crippen molar-refractivity contribution in [2.24, 2.45) is 5.92 Å². The number of thiophene rings is 1. The van der Waals surface area contributed by atoms with Crippen LogP contribution in [0.15, 0.2) is 40.9 Å². The molecule has 0 spiro atoms. The van der Waals surface area contributed by atoms with Crippen molar-refractivity contribution >= 4 is 33.2 Å². The number of piperidine rings is 1. The molecule has 1 aliphatic heterocycles. The van der Waals surface area contributed by atoms with Crippen molar-refractivity contribution in [3.8, 4) is 10.4 Å². The molecule has 0 amide bonds. The van der Waals surface area contributed by atoms with Gasteiger partial charge in [-0.2, -0.15) is 0 Å². The van der Waals surface area contributed by atoms with Crippen molar-refractivity contribution in [3.05, 3.63) is 45.7 Å². The lowest BCUT2D eigenvalue weighted by Crippen LogP contribution is -2.37. The van der Waals surface area contributed by atoms with Crippen molar-refractivity contribution in [3.63, 3.8) is 0 Å². The molecule has 1 unspecified atom stereocenters. The summed E-state index contributed by atoms with van der Waals surface area (Å²) in [5, 5.41) is 9.18. The molecule has 3 rings (SSSR count). The fourth-order valence-electron chi connectivity index (χ4n) is 2.89. The molecule has 1 fully saturated rings. The zero-order valence-corrected chi connectivity index (χ0v) is 14.6. The molecular formula is C17H18BrNO2S. The molecule has 2 heterocycles. The van der Waals surface area contributed by atoms with E-state index < -0.39 is 5.97 Å². The second kappa shape index (κ2) is 6.94. The van der Waals surface area contributed by atoms with Crippen LogP contribution >= 0.6 is 27.3 Å². The molecule has 116 valence electrons. The van der Waals surface area contributed by atoms with E-state index in [1.807, 2.05) is 12.1 Å². The number of aliphatic carboxylic acids is 1. The van der Waals surface area contributed by atoms with E-state index in [-0.39, 0.29) is 5.92 Å². The Morgan fingerprint density at radius 1 is 1.32 bits per heavy atom. The number of carboxylic acids is 1. The molecule has 1 aliphatic rings. The maximum atomic E-state index is 11.1. The fourth-order valence-corrected chi connectivity index (χ4v) is 4.61. The van der Waals surface area contributed by atoms with Gasteiger partial charge in [0.15, 0.2) is 0 Å². The zero-order valence-electron chi connectivity index (χ0n) is 12.2. The first-order valence-electron chi connectivity index (χ1n) is 7.42. The highest BCUT2D eigenvalue weighted by Crippen LogP contribution is 2.34. The first-order chi connectivity index (χ1) is 10.6. The molecule has 1 saturated heterocycles. The maximum Gasteiger partial charge on any atom is 0.307 e. The Balaban J connectivity index is 1.70. The second-order valence-electron chi connectivity index (χ2n) is 5.66. The van der Waals surface area contributed by atoms with Crippen LogP contribution in [0.3, 0.4) is 0 Å². The molecule has 0 radical (unpaired) electrons. The third-order valence-electron chi connectivity index (χ3n) is 4.04. The monoisotopic (exact) mass is 379 g/mol. The van der Waals surface area contributed by atoms with Gasteiger partial charge in [-0.1, -0.05) is 34.1 Å². The lowest BCUT2D eigenvalue weighted by Gasteiger charge is -2.30. The van der Waals surface area contributed by atoms with Gasteiger partial charge in [-0.25, -0.2) is 0 Å². The zero-order chi connectivity index (χ0) is 15.5. The molecule has 0 bridgehead atoms. The highest BCUT2D eigenvalue weighted by molar-refractivity contribution is 9.10. The number of rotatable bonds is 4.